The van der Waals surface area contributed by atoms with Gasteiger partial charge in [-0.15, -0.1) is 11.3 Å². The summed E-state index contributed by atoms with van der Waals surface area (Å²) in [6.07, 6.45) is 1.08. The van der Waals surface area contributed by atoms with Gasteiger partial charge in [-0.05, 0) is 179 Å². The normalized spacial score (nSPS) is 16.8. The Morgan fingerprint density at radius 2 is 0.882 bits per heavy atom. The Morgan fingerprint density at radius 1 is 0.400 bits per heavy atom. The summed E-state index contributed by atoms with van der Waals surface area (Å²) in [6.45, 7) is 43.1. The van der Waals surface area contributed by atoms with Crippen LogP contribution in [0.5, 0.6) is 0 Å². The largest absolute Gasteiger partial charge is 0.311 e. The van der Waals surface area contributed by atoms with Crippen molar-refractivity contribution in [2.75, 3.05) is 14.7 Å². The van der Waals surface area contributed by atoms with E-state index in [0.29, 0.717) is 0 Å². The predicted molar refractivity (Wildman–Crippen MR) is 370 cm³/mol. The highest BCUT2D eigenvalue weighted by molar-refractivity contribution is 7.26. The van der Waals surface area contributed by atoms with Crippen molar-refractivity contribution < 1.29 is 0 Å². The van der Waals surface area contributed by atoms with Crippen LogP contribution in [0.1, 0.15) is 180 Å². The number of nitrogens with zero attached hydrogens (tertiary/aromatic N) is 3. The van der Waals surface area contributed by atoms with Gasteiger partial charge in [0.25, 0.3) is 6.71 Å². The summed E-state index contributed by atoms with van der Waals surface area (Å²) in [4.78, 5) is 7.99. The molecule has 5 heteroatoms. The minimum Gasteiger partial charge on any atom is -0.311 e. The highest BCUT2D eigenvalue weighted by Crippen LogP contribution is 2.57. The number of rotatable bonds is 5. The lowest BCUT2D eigenvalue weighted by Crippen LogP contribution is -2.62. The second-order valence-corrected chi connectivity index (χ2v) is 32.1. The van der Waals surface area contributed by atoms with Crippen molar-refractivity contribution in [3.05, 3.63) is 225 Å². The quantitative estimate of drug-likeness (QED) is 0.159. The van der Waals surface area contributed by atoms with Gasteiger partial charge in [0.1, 0.15) is 0 Å². The van der Waals surface area contributed by atoms with Crippen LogP contribution in [-0.4, -0.2) is 6.71 Å². The number of hydrogen-bond donors (Lipinski definition) is 0. The van der Waals surface area contributed by atoms with Crippen LogP contribution in [-0.2, 0) is 37.9 Å². The molecule has 0 N–H and O–H groups in total. The first-order valence-corrected chi connectivity index (χ1v) is 32.1. The van der Waals surface area contributed by atoms with E-state index in [1.807, 2.05) is 11.3 Å². The summed E-state index contributed by atoms with van der Waals surface area (Å²) in [5.41, 5.74) is 28.1. The fourth-order valence-electron chi connectivity index (χ4n) is 16.0. The summed E-state index contributed by atoms with van der Waals surface area (Å²) in [6, 6.07) is 67.4. The van der Waals surface area contributed by atoms with E-state index >= 15 is 0 Å². The molecule has 14 rings (SSSR count). The van der Waals surface area contributed by atoms with E-state index in [1.165, 1.54) is 126 Å². The molecule has 2 aliphatic carbocycles. The third-order valence-electron chi connectivity index (χ3n) is 20.5. The molecule has 3 nitrogen and oxygen atoms in total. The predicted octanol–water partition coefficient (Wildman–Crippen LogP) is 20.7. The molecule has 0 unspecified atom stereocenters. The van der Waals surface area contributed by atoms with Gasteiger partial charge >= 0.3 is 0 Å². The summed E-state index contributed by atoms with van der Waals surface area (Å²) < 4.78 is 2.60. The first-order valence-electron chi connectivity index (χ1n) is 31.2. The number of aryl methyl sites for hydroxylation is 1. The van der Waals surface area contributed by atoms with E-state index < -0.39 is 0 Å². The number of benzene rings is 9. The van der Waals surface area contributed by atoms with E-state index in [4.69, 9.17) is 0 Å². The van der Waals surface area contributed by atoms with Crippen LogP contribution < -0.4 is 31.1 Å². The van der Waals surface area contributed by atoms with E-state index in [0.717, 1.165) is 23.5 Å². The van der Waals surface area contributed by atoms with E-state index in [-0.39, 0.29) is 44.6 Å². The molecule has 1 aromatic heterocycles. The molecule has 0 amide bonds. The summed E-state index contributed by atoms with van der Waals surface area (Å²) in [7, 11) is 0. The zero-order valence-corrected chi connectivity index (χ0v) is 54.5. The molecule has 0 spiro atoms. The van der Waals surface area contributed by atoms with Gasteiger partial charge in [0.15, 0.2) is 0 Å². The van der Waals surface area contributed by atoms with Gasteiger partial charge in [-0.2, -0.15) is 0 Å². The number of hydrogen-bond acceptors (Lipinski definition) is 4. The topological polar surface area (TPSA) is 9.72 Å². The lowest BCUT2D eigenvalue weighted by atomic mass is 9.33. The van der Waals surface area contributed by atoms with Crippen LogP contribution in [0.4, 0.5) is 51.2 Å². The molecule has 0 saturated heterocycles. The van der Waals surface area contributed by atoms with Crippen LogP contribution in [0, 0.1) is 6.92 Å². The molecule has 0 bridgehead atoms. The average Bonchev–Trinajstić information content (AvgIpc) is 1.44. The van der Waals surface area contributed by atoms with Gasteiger partial charge < -0.3 is 14.7 Å². The van der Waals surface area contributed by atoms with E-state index in [2.05, 4.69) is 309 Å². The maximum atomic E-state index is 2.76. The third-order valence-corrected chi connectivity index (χ3v) is 21.7. The molecular formula is C80H84BN3S. The SMILES string of the molecule is Cc1cc2c(cc1N1c3cc4c(cc3B3c5cc(C(C)(C)C)ccc5N(c5cccc6c5sc5ccccc56)c5cc(N(c6ccc(C(C)(C)C)cc6)c6ccc(C(C)(C)C)cc6)cc1c53)C(C)(C)CC4(C)C)C(C)(C)c1ccccc1C2(C)C. The third kappa shape index (κ3) is 8.39. The van der Waals surface area contributed by atoms with E-state index in [1.54, 1.807) is 0 Å². The number of anilines is 9. The fraction of sp³-hybridized carbons (Fsp3) is 0.325. The molecule has 0 saturated carbocycles. The Labute approximate surface area is 511 Å². The van der Waals surface area contributed by atoms with Crippen molar-refractivity contribution in [3.63, 3.8) is 0 Å². The van der Waals surface area contributed by atoms with Crippen LogP contribution >= 0.6 is 11.3 Å². The fourth-order valence-corrected chi connectivity index (χ4v) is 17.2. The zero-order valence-electron chi connectivity index (χ0n) is 53.7. The maximum absolute atomic E-state index is 2.76. The minimum absolute atomic E-state index is 0.00642. The molecule has 85 heavy (non-hydrogen) atoms. The molecule has 3 heterocycles. The molecular weight excluding hydrogens is 1050 g/mol. The molecule has 0 fully saturated rings. The highest BCUT2D eigenvalue weighted by Gasteiger charge is 2.50. The Bertz CT molecular complexity index is 4360. The van der Waals surface area contributed by atoms with Crippen molar-refractivity contribution in [1.29, 1.82) is 0 Å². The van der Waals surface area contributed by atoms with Crippen molar-refractivity contribution in [1.82, 2.24) is 0 Å². The molecule has 4 aliphatic rings. The van der Waals surface area contributed by atoms with Gasteiger partial charge in [0.05, 0.1) is 16.1 Å². The first kappa shape index (κ1) is 55.5. The van der Waals surface area contributed by atoms with Crippen molar-refractivity contribution in [2.45, 2.75) is 169 Å². The molecule has 428 valence electrons. The second-order valence-electron chi connectivity index (χ2n) is 31.1. The van der Waals surface area contributed by atoms with Gasteiger partial charge in [-0.3, -0.25) is 0 Å². The van der Waals surface area contributed by atoms with Crippen molar-refractivity contribution in [2.24, 2.45) is 0 Å². The second kappa shape index (κ2) is 18.3. The van der Waals surface area contributed by atoms with Gasteiger partial charge in [0, 0.05) is 66.1 Å². The monoisotopic (exact) mass is 1130 g/mol. The Morgan fingerprint density at radius 3 is 1.46 bits per heavy atom. The highest BCUT2D eigenvalue weighted by atomic mass is 32.1. The lowest BCUT2D eigenvalue weighted by molar-refractivity contribution is 0.403. The summed E-state index contributed by atoms with van der Waals surface area (Å²) >= 11 is 1.92. The smallest absolute Gasteiger partial charge is 0.252 e. The lowest BCUT2D eigenvalue weighted by Gasteiger charge is -2.47. The van der Waals surface area contributed by atoms with Crippen LogP contribution in [0.2, 0.25) is 0 Å². The van der Waals surface area contributed by atoms with Gasteiger partial charge in [0.2, 0.25) is 0 Å². The molecule has 0 radical (unpaired) electrons. The van der Waals surface area contributed by atoms with Crippen molar-refractivity contribution in [3.8, 4) is 0 Å². The van der Waals surface area contributed by atoms with Crippen LogP contribution in [0.15, 0.2) is 170 Å². The summed E-state index contributed by atoms with van der Waals surface area (Å²) in [5, 5.41) is 2.60. The molecule has 2 aliphatic heterocycles. The number of thiophene rings is 1. The van der Waals surface area contributed by atoms with Crippen LogP contribution in [0.25, 0.3) is 20.2 Å². The number of fused-ring (bicyclic) bond motifs is 10. The van der Waals surface area contributed by atoms with Gasteiger partial charge in [-0.25, -0.2) is 0 Å². The Balaban J connectivity index is 1.15. The van der Waals surface area contributed by atoms with Gasteiger partial charge in [-0.1, -0.05) is 221 Å². The summed E-state index contributed by atoms with van der Waals surface area (Å²) in [5.74, 6) is 0. The standard InChI is InChI=1S/C80H84BN3S/c1-48-40-61-62(80(17,18)58-27-21-20-26-57(58)79(61,15)16)46-67(48)84-68-45-60-59(77(11,12)47-78(60,13)14)44-64(68)81-63-41-51(76(8,9)10)34-39-65(63)83(66-28-23-25-56-55-24-19-22-29-71(55)85-73(56)66)69-42-54(43-70(84)72(69)81)82(52-35-30-49(31-36-52)74(2,3)4)53-37-32-50(33-38-53)75(5,6)7/h19-46H,47H2,1-18H3. The first-order chi connectivity index (χ1) is 39.9. The minimum atomic E-state index is -0.256. The Kier molecular flexibility index (Phi) is 12.0. The van der Waals surface area contributed by atoms with Crippen LogP contribution in [0.3, 0.4) is 0 Å². The zero-order chi connectivity index (χ0) is 60.0. The van der Waals surface area contributed by atoms with E-state index in [9.17, 15) is 0 Å². The molecule has 10 aromatic rings. The average molecular weight is 1130 g/mol. The molecule has 9 aromatic carbocycles. The Hall–Kier alpha value is -7.34. The maximum Gasteiger partial charge on any atom is 0.252 e. The molecule has 0 atom stereocenters. The van der Waals surface area contributed by atoms with Crippen molar-refractivity contribution >= 4 is 106 Å².